The minimum Gasteiger partial charge on any atom is -0.493 e. The molecule has 2 atom stereocenters. The summed E-state index contributed by atoms with van der Waals surface area (Å²) in [5, 5.41) is 0. The summed E-state index contributed by atoms with van der Waals surface area (Å²) in [5.41, 5.74) is 0.614. The first-order valence-corrected chi connectivity index (χ1v) is 12.9. The number of carbonyl (C=O) groups excluding carboxylic acids is 1. The van der Waals surface area contributed by atoms with E-state index in [1.54, 1.807) is 39.1 Å². The second-order valence-electron chi connectivity index (χ2n) is 10.6. The molecule has 0 saturated carbocycles. The predicted octanol–water partition coefficient (Wildman–Crippen LogP) is 7.57. The average Bonchev–Trinajstić information content (AvgIpc) is 2.89. The highest BCUT2D eigenvalue weighted by Gasteiger charge is 2.42. The molecule has 2 aliphatic heterocycles. The number of benzene rings is 2. The smallest absolute Gasteiger partial charge is 0.416 e. The maximum Gasteiger partial charge on any atom is 0.416 e. The third kappa shape index (κ3) is 5.96. The number of fused-ring (bicyclic) bond motifs is 1. The molecule has 0 fully saturated rings. The number of ether oxygens (including phenoxy) is 3. The van der Waals surface area contributed by atoms with Crippen molar-refractivity contribution in [2.75, 3.05) is 13.7 Å². The van der Waals surface area contributed by atoms with E-state index in [9.17, 15) is 18.0 Å². The van der Waals surface area contributed by atoms with Gasteiger partial charge in [-0.1, -0.05) is 25.1 Å². The van der Waals surface area contributed by atoms with Crippen LogP contribution in [0, 0.1) is 5.92 Å². The van der Waals surface area contributed by atoms with Crippen LogP contribution in [0.5, 0.6) is 5.75 Å². The van der Waals surface area contributed by atoms with Crippen molar-refractivity contribution < 1.29 is 32.2 Å². The number of methoxy groups -OCH3 is 1. The molecule has 0 radical (unpaired) electrons. The normalized spacial score (nSPS) is 18.3. The van der Waals surface area contributed by atoms with Crippen LogP contribution in [0.2, 0.25) is 0 Å². The quantitative estimate of drug-likeness (QED) is 0.362. The molecule has 4 rings (SSSR count). The van der Waals surface area contributed by atoms with Gasteiger partial charge in [-0.25, -0.2) is 4.79 Å². The van der Waals surface area contributed by atoms with Crippen molar-refractivity contribution in [3.63, 3.8) is 0 Å². The van der Waals surface area contributed by atoms with Gasteiger partial charge < -0.3 is 14.2 Å². The maximum atomic E-state index is 14.6. The molecule has 2 heterocycles. The first-order valence-electron chi connectivity index (χ1n) is 12.9. The number of hydrogen-bond donors (Lipinski definition) is 0. The highest BCUT2D eigenvalue weighted by atomic mass is 19.4. The largest absolute Gasteiger partial charge is 0.493 e. The van der Waals surface area contributed by atoms with Crippen LogP contribution in [-0.4, -0.2) is 31.5 Å². The van der Waals surface area contributed by atoms with Crippen LogP contribution in [0.1, 0.15) is 75.3 Å². The zero-order valence-electron chi connectivity index (χ0n) is 22.4. The first kappa shape index (κ1) is 27.9. The molecule has 0 amide bonds. The Labute approximate surface area is 221 Å². The minimum absolute atomic E-state index is 0.209. The second-order valence-corrected chi connectivity index (χ2v) is 10.6. The van der Waals surface area contributed by atoms with Crippen LogP contribution in [0.4, 0.5) is 13.2 Å². The van der Waals surface area contributed by atoms with Crippen molar-refractivity contribution in [3.05, 3.63) is 58.7 Å². The Hall–Kier alpha value is -3.13. The van der Waals surface area contributed by atoms with Gasteiger partial charge in [0.15, 0.2) is 6.10 Å². The van der Waals surface area contributed by atoms with E-state index in [0.29, 0.717) is 29.2 Å². The number of carbonyl (C=O) groups is 1. The molecule has 0 aromatic heterocycles. The van der Waals surface area contributed by atoms with E-state index in [-0.39, 0.29) is 17.0 Å². The molecule has 2 aromatic carbocycles. The van der Waals surface area contributed by atoms with Gasteiger partial charge in [0.25, 0.3) is 0 Å². The summed E-state index contributed by atoms with van der Waals surface area (Å²) in [5.74, 6) is 0.0180. The number of allylic oxidation sites excluding steroid dienone is 1. The van der Waals surface area contributed by atoms with E-state index < -0.39 is 29.4 Å². The molecular weight excluding hydrogens is 495 g/mol. The maximum absolute atomic E-state index is 14.6. The second kappa shape index (κ2) is 10.9. The summed E-state index contributed by atoms with van der Waals surface area (Å²) in [6, 6.07) is 7.84. The van der Waals surface area contributed by atoms with E-state index >= 15 is 0 Å². The molecule has 2 unspecified atom stereocenters. The molecule has 38 heavy (non-hydrogen) atoms. The Bertz CT molecular complexity index is 1260. The van der Waals surface area contributed by atoms with Crippen LogP contribution in [0.15, 0.2) is 41.4 Å². The monoisotopic (exact) mass is 529 g/mol. The Kier molecular flexibility index (Phi) is 8.02. The average molecular weight is 530 g/mol. The SMILES string of the molecule is CCC1C=C(c2ccc(C(F)(F)F)c(C(OC(C)(C)C)C(=O)OC)c2-c2ccc3c(c2)CCCO3)N=CC1. The van der Waals surface area contributed by atoms with Crippen molar-refractivity contribution in [1.29, 1.82) is 0 Å². The van der Waals surface area contributed by atoms with E-state index in [0.717, 1.165) is 44.4 Å². The standard InChI is InChI=1S/C30H34F3NO4/c1-6-18-13-14-34-23(16-18)21-10-11-22(30(31,32)33)26(27(28(35)36-5)38-29(2,3)4)25(21)20-9-12-24-19(17-20)8-7-15-37-24/h9-12,14,16-18,27H,6-8,13,15H2,1-5H3. The van der Waals surface area contributed by atoms with Gasteiger partial charge in [0.05, 0.1) is 30.6 Å². The molecule has 0 aliphatic carbocycles. The van der Waals surface area contributed by atoms with Crippen molar-refractivity contribution in [3.8, 4) is 16.9 Å². The van der Waals surface area contributed by atoms with Gasteiger partial charge in [0.2, 0.25) is 0 Å². The van der Waals surface area contributed by atoms with Gasteiger partial charge >= 0.3 is 12.1 Å². The first-order chi connectivity index (χ1) is 17.9. The summed E-state index contributed by atoms with van der Waals surface area (Å²) < 4.78 is 60.5. The topological polar surface area (TPSA) is 57.1 Å². The fourth-order valence-electron chi connectivity index (χ4n) is 4.93. The molecule has 204 valence electrons. The van der Waals surface area contributed by atoms with Gasteiger partial charge in [-0.3, -0.25) is 4.99 Å². The highest BCUT2D eigenvalue weighted by Crippen LogP contribution is 2.47. The Morgan fingerprint density at radius 2 is 1.95 bits per heavy atom. The number of alkyl halides is 3. The lowest BCUT2D eigenvalue weighted by atomic mass is 9.84. The van der Waals surface area contributed by atoms with Crippen LogP contribution >= 0.6 is 0 Å². The molecular formula is C30H34F3NO4. The molecule has 2 aliphatic rings. The number of aryl methyl sites for hydroxylation is 1. The molecule has 0 bridgehead atoms. The Balaban J connectivity index is 2.09. The van der Waals surface area contributed by atoms with E-state index in [2.05, 4.69) is 11.9 Å². The number of hydrogen-bond acceptors (Lipinski definition) is 5. The fourth-order valence-corrected chi connectivity index (χ4v) is 4.93. The van der Waals surface area contributed by atoms with E-state index in [4.69, 9.17) is 14.2 Å². The van der Waals surface area contributed by atoms with Crippen LogP contribution in [0.25, 0.3) is 16.8 Å². The van der Waals surface area contributed by atoms with Crippen LogP contribution in [0.3, 0.4) is 0 Å². The zero-order chi connectivity index (χ0) is 27.7. The predicted molar refractivity (Wildman–Crippen MR) is 141 cm³/mol. The fraction of sp³-hybridized carbons (Fsp3) is 0.467. The molecule has 5 nitrogen and oxygen atoms in total. The third-order valence-electron chi connectivity index (χ3n) is 6.73. The van der Waals surface area contributed by atoms with Crippen molar-refractivity contribution >= 4 is 17.9 Å². The van der Waals surface area contributed by atoms with Crippen molar-refractivity contribution in [2.45, 2.75) is 71.3 Å². The van der Waals surface area contributed by atoms with Crippen molar-refractivity contribution in [2.24, 2.45) is 10.9 Å². The molecule has 0 saturated heterocycles. The lowest BCUT2D eigenvalue weighted by Gasteiger charge is -2.31. The van der Waals surface area contributed by atoms with Crippen LogP contribution in [-0.2, 0) is 26.9 Å². The van der Waals surface area contributed by atoms with Gasteiger partial charge in [-0.15, -0.1) is 0 Å². The van der Waals surface area contributed by atoms with Gasteiger partial charge in [0, 0.05) is 17.3 Å². The summed E-state index contributed by atoms with van der Waals surface area (Å²) in [6.07, 6.45) is 0.611. The van der Waals surface area contributed by atoms with E-state index in [1.807, 2.05) is 12.1 Å². The molecule has 0 N–H and O–H groups in total. The molecule has 8 heteroatoms. The molecule has 2 aromatic rings. The Morgan fingerprint density at radius 1 is 1.18 bits per heavy atom. The van der Waals surface area contributed by atoms with Gasteiger partial charge in [0.1, 0.15) is 5.75 Å². The minimum atomic E-state index is -4.75. The number of nitrogens with zero attached hydrogens (tertiary/aromatic N) is 1. The summed E-state index contributed by atoms with van der Waals surface area (Å²) in [7, 11) is 1.15. The van der Waals surface area contributed by atoms with Crippen molar-refractivity contribution in [1.82, 2.24) is 0 Å². The number of aliphatic imine (C=N–C) groups is 1. The van der Waals surface area contributed by atoms with Gasteiger partial charge in [-0.05, 0) is 87.3 Å². The van der Waals surface area contributed by atoms with Gasteiger partial charge in [-0.2, -0.15) is 13.2 Å². The van der Waals surface area contributed by atoms with E-state index in [1.165, 1.54) is 6.07 Å². The lowest BCUT2D eigenvalue weighted by molar-refractivity contribution is -0.166. The zero-order valence-corrected chi connectivity index (χ0v) is 22.4. The molecule has 0 spiro atoms. The number of rotatable bonds is 6. The lowest BCUT2D eigenvalue weighted by Crippen LogP contribution is -2.30. The number of halogens is 3. The summed E-state index contributed by atoms with van der Waals surface area (Å²) >= 11 is 0. The van der Waals surface area contributed by atoms with Crippen LogP contribution < -0.4 is 4.74 Å². The Morgan fingerprint density at radius 3 is 2.61 bits per heavy atom. The third-order valence-corrected chi connectivity index (χ3v) is 6.73. The summed E-state index contributed by atoms with van der Waals surface area (Å²) in [6.45, 7) is 7.72. The number of esters is 1. The highest BCUT2D eigenvalue weighted by molar-refractivity contribution is 5.91. The summed E-state index contributed by atoms with van der Waals surface area (Å²) in [4.78, 5) is 17.7.